The molecule has 2 rings (SSSR count). The van der Waals surface area contributed by atoms with Gasteiger partial charge in [0.1, 0.15) is 0 Å². The molecule has 150 valence electrons. The fraction of sp³-hybridized carbons (Fsp3) is 0.556. The van der Waals surface area contributed by atoms with Gasteiger partial charge in [0.15, 0.2) is 0 Å². The van der Waals surface area contributed by atoms with Gasteiger partial charge in [-0.25, -0.2) is 8.42 Å². The van der Waals surface area contributed by atoms with Gasteiger partial charge in [0.2, 0.25) is 21.8 Å². The minimum Gasteiger partial charge on any atom is -0.337 e. The van der Waals surface area contributed by atoms with E-state index in [2.05, 4.69) is 17.0 Å². The highest BCUT2D eigenvalue weighted by Crippen LogP contribution is 2.23. The van der Waals surface area contributed by atoms with Crippen LogP contribution in [0, 0.1) is 5.92 Å². The van der Waals surface area contributed by atoms with E-state index in [4.69, 9.17) is 5.73 Å². The Hall–Kier alpha value is -1.97. The van der Waals surface area contributed by atoms with Gasteiger partial charge in [-0.2, -0.15) is 4.72 Å². The Morgan fingerprint density at radius 2 is 1.93 bits per heavy atom. The first-order valence-electron chi connectivity index (χ1n) is 9.04. The van der Waals surface area contributed by atoms with Crippen LogP contribution in [0.25, 0.3) is 0 Å². The highest BCUT2D eigenvalue weighted by atomic mass is 32.2. The number of carbonyl (C=O) groups is 2. The number of hydrogen-bond acceptors (Lipinski definition) is 5. The fourth-order valence-corrected chi connectivity index (χ4v) is 4.48. The Morgan fingerprint density at radius 3 is 2.48 bits per heavy atom. The van der Waals surface area contributed by atoms with E-state index in [1.54, 1.807) is 4.90 Å². The van der Waals surface area contributed by atoms with E-state index in [0.717, 1.165) is 12.8 Å². The van der Waals surface area contributed by atoms with Crippen LogP contribution in [0.5, 0.6) is 0 Å². The van der Waals surface area contributed by atoms with Crippen LogP contribution >= 0.6 is 0 Å². The minimum absolute atomic E-state index is 0.0268. The van der Waals surface area contributed by atoms with Crippen LogP contribution in [0.2, 0.25) is 0 Å². The van der Waals surface area contributed by atoms with E-state index in [-0.39, 0.29) is 22.8 Å². The molecule has 8 nitrogen and oxygen atoms in total. The number of likely N-dealkylation sites (tertiary alicyclic amines) is 1. The van der Waals surface area contributed by atoms with Gasteiger partial charge < -0.3 is 16.0 Å². The van der Waals surface area contributed by atoms with Crippen molar-refractivity contribution in [2.75, 3.05) is 18.4 Å². The first-order chi connectivity index (χ1) is 12.6. The number of carbonyl (C=O) groups excluding carboxylic acids is 2. The van der Waals surface area contributed by atoms with E-state index < -0.39 is 16.1 Å². The third-order valence-corrected chi connectivity index (χ3v) is 6.28. The quantitative estimate of drug-likeness (QED) is 0.659. The number of nitrogens with two attached hydrogens (primary N) is 1. The maximum absolute atomic E-state index is 12.8. The summed E-state index contributed by atoms with van der Waals surface area (Å²) in [5.74, 6) is -0.0132. The Morgan fingerprint density at radius 1 is 1.30 bits per heavy atom. The van der Waals surface area contributed by atoms with Crippen molar-refractivity contribution in [2.24, 2.45) is 11.7 Å². The molecule has 0 aromatic heterocycles. The van der Waals surface area contributed by atoms with Crippen molar-refractivity contribution < 1.29 is 18.0 Å². The van der Waals surface area contributed by atoms with E-state index in [1.165, 1.54) is 38.1 Å². The summed E-state index contributed by atoms with van der Waals surface area (Å²) in [7, 11) is -3.86. The second-order valence-electron chi connectivity index (χ2n) is 7.10. The van der Waals surface area contributed by atoms with E-state index in [9.17, 15) is 18.0 Å². The third-order valence-electron chi connectivity index (χ3n) is 4.72. The molecular weight excluding hydrogens is 368 g/mol. The van der Waals surface area contributed by atoms with Gasteiger partial charge in [-0.15, -0.1) is 0 Å². The van der Waals surface area contributed by atoms with Crippen molar-refractivity contribution in [3.05, 3.63) is 24.3 Å². The van der Waals surface area contributed by atoms with Gasteiger partial charge in [0.05, 0.1) is 10.9 Å². The summed E-state index contributed by atoms with van der Waals surface area (Å²) < 4.78 is 27.6. The molecule has 0 saturated carbocycles. The predicted octanol–water partition coefficient (Wildman–Crippen LogP) is 0.898. The molecule has 0 bridgehead atoms. The lowest BCUT2D eigenvalue weighted by molar-refractivity contribution is -0.136. The molecule has 9 heteroatoms. The number of piperidine rings is 1. The standard InChI is InChI=1S/C18H28N4O4S/c1-12-8-9-22(16(10-12)11-19)18(24)13(2)21-27(25,26)17-6-4-15(5-7-17)20-14(3)23/h4-7,12-13,16,21H,8-11,19H2,1-3H3,(H,20,23). The van der Waals surface area contributed by atoms with Crippen molar-refractivity contribution >= 4 is 27.5 Å². The molecule has 0 aliphatic carbocycles. The molecule has 1 aromatic carbocycles. The fourth-order valence-electron chi connectivity index (χ4n) is 3.29. The number of benzene rings is 1. The molecular formula is C18H28N4O4S. The lowest BCUT2D eigenvalue weighted by Crippen LogP contribution is -2.55. The van der Waals surface area contributed by atoms with Crippen LogP contribution in [0.3, 0.4) is 0 Å². The van der Waals surface area contributed by atoms with Crippen LogP contribution in [-0.2, 0) is 19.6 Å². The largest absolute Gasteiger partial charge is 0.337 e. The number of nitrogens with zero attached hydrogens (tertiary/aromatic N) is 1. The lowest BCUT2D eigenvalue weighted by Gasteiger charge is -2.39. The van der Waals surface area contributed by atoms with Gasteiger partial charge in [0, 0.05) is 31.7 Å². The second kappa shape index (κ2) is 8.81. The molecule has 1 heterocycles. The molecule has 1 saturated heterocycles. The van der Waals surface area contributed by atoms with Crippen molar-refractivity contribution in [3.63, 3.8) is 0 Å². The SMILES string of the molecule is CC(=O)Nc1ccc(S(=O)(=O)NC(C)C(=O)N2CCC(C)CC2CN)cc1. The summed E-state index contributed by atoms with van der Waals surface area (Å²) >= 11 is 0. The summed E-state index contributed by atoms with van der Waals surface area (Å²) in [4.78, 5) is 25.5. The van der Waals surface area contributed by atoms with Crippen LogP contribution in [0.15, 0.2) is 29.2 Å². The number of rotatable bonds is 6. The van der Waals surface area contributed by atoms with Crippen LogP contribution in [-0.4, -0.2) is 50.3 Å². The first-order valence-corrected chi connectivity index (χ1v) is 10.5. The summed E-state index contributed by atoms with van der Waals surface area (Å²) in [6, 6.07) is 4.81. The Kier molecular flexibility index (Phi) is 6.96. The average molecular weight is 397 g/mol. The molecule has 27 heavy (non-hydrogen) atoms. The van der Waals surface area contributed by atoms with Gasteiger partial charge >= 0.3 is 0 Å². The van der Waals surface area contributed by atoms with E-state index in [1.807, 2.05) is 0 Å². The lowest BCUT2D eigenvalue weighted by atomic mass is 9.92. The van der Waals surface area contributed by atoms with Crippen molar-refractivity contribution in [1.29, 1.82) is 0 Å². The van der Waals surface area contributed by atoms with Gasteiger partial charge in [-0.05, 0) is 49.9 Å². The molecule has 1 fully saturated rings. The topological polar surface area (TPSA) is 122 Å². The van der Waals surface area contributed by atoms with E-state index >= 15 is 0 Å². The normalized spacial score (nSPS) is 21.6. The number of sulfonamides is 1. The zero-order chi connectivity index (χ0) is 20.2. The van der Waals surface area contributed by atoms with Crippen molar-refractivity contribution in [2.45, 2.75) is 50.6 Å². The van der Waals surface area contributed by atoms with Crippen molar-refractivity contribution in [3.8, 4) is 0 Å². The summed E-state index contributed by atoms with van der Waals surface area (Å²) in [5, 5.41) is 2.57. The van der Waals surface area contributed by atoms with E-state index in [0.29, 0.717) is 24.7 Å². The number of anilines is 1. The highest BCUT2D eigenvalue weighted by Gasteiger charge is 2.33. The van der Waals surface area contributed by atoms with Crippen LogP contribution in [0.4, 0.5) is 5.69 Å². The van der Waals surface area contributed by atoms with Crippen LogP contribution < -0.4 is 15.8 Å². The van der Waals surface area contributed by atoms with Gasteiger partial charge in [-0.3, -0.25) is 9.59 Å². The number of hydrogen-bond donors (Lipinski definition) is 3. The maximum Gasteiger partial charge on any atom is 0.241 e. The Labute approximate surface area is 160 Å². The molecule has 0 spiro atoms. The van der Waals surface area contributed by atoms with Crippen LogP contribution in [0.1, 0.15) is 33.6 Å². The molecule has 3 unspecified atom stereocenters. The molecule has 1 aromatic rings. The zero-order valence-corrected chi connectivity index (χ0v) is 16.8. The molecule has 1 aliphatic heterocycles. The smallest absolute Gasteiger partial charge is 0.241 e. The number of amides is 2. The third kappa shape index (κ3) is 5.50. The first kappa shape index (κ1) is 21.3. The number of nitrogens with one attached hydrogen (secondary N) is 2. The molecule has 2 amide bonds. The summed E-state index contributed by atoms with van der Waals surface area (Å²) in [6.45, 7) is 5.98. The summed E-state index contributed by atoms with van der Waals surface area (Å²) in [5.41, 5.74) is 6.30. The highest BCUT2D eigenvalue weighted by molar-refractivity contribution is 7.89. The minimum atomic E-state index is -3.86. The molecule has 1 aliphatic rings. The van der Waals surface area contributed by atoms with Crippen molar-refractivity contribution in [1.82, 2.24) is 9.62 Å². The second-order valence-corrected chi connectivity index (χ2v) is 8.81. The Bertz CT molecular complexity index is 779. The Balaban J connectivity index is 2.07. The monoisotopic (exact) mass is 396 g/mol. The average Bonchev–Trinajstić information content (AvgIpc) is 2.60. The van der Waals surface area contributed by atoms with Gasteiger partial charge in [-0.1, -0.05) is 6.92 Å². The zero-order valence-electron chi connectivity index (χ0n) is 15.9. The molecule has 4 N–H and O–H groups in total. The predicted molar refractivity (Wildman–Crippen MR) is 103 cm³/mol. The molecule has 3 atom stereocenters. The maximum atomic E-state index is 12.8. The molecule has 0 radical (unpaired) electrons. The van der Waals surface area contributed by atoms with Gasteiger partial charge in [0.25, 0.3) is 0 Å². The summed E-state index contributed by atoms with van der Waals surface area (Å²) in [6.07, 6.45) is 1.71.